The van der Waals surface area contributed by atoms with Crippen LogP contribution in [0, 0.1) is 6.92 Å². The van der Waals surface area contributed by atoms with Crippen LogP contribution in [0.5, 0.6) is 5.75 Å². The number of benzene rings is 1. The molecule has 0 aliphatic carbocycles. The number of pyridine rings is 1. The number of H-pyrrole nitrogens is 1. The predicted octanol–water partition coefficient (Wildman–Crippen LogP) is 2.52. The number of aromatic nitrogens is 1. The third kappa shape index (κ3) is 1.12. The van der Waals surface area contributed by atoms with Crippen LogP contribution in [0.1, 0.15) is 11.1 Å². The van der Waals surface area contributed by atoms with Gasteiger partial charge in [-0.1, -0.05) is 0 Å². The summed E-state index contributed by atoms with van der Waals surface area (Å²) in [4.78, 5) is 14.7. The molecule has 1 N–H and O–H groups in total. The van der Waals surface area contributed by atoms with Crippen molar-refractivity contribution in [3.8, 4) is 5.75 Å². The Morgan fingerprint density at radius 2 is 2.22 bits per heavy atom. The Morgan fingerprint density at radius 3 is 3.11 bits per heavy atom. The van der Waals surface area contributed by atoms with Crippen molar-refractivity contribution in [3.63, 3.8) is 0 Å². The van der Waals surface area contributed by atoms with Crippen molar-refractivity contribution in [3.05, 3.63) is 39.8 Å². The van der Waals surface area contributed by atoms with Crippen molar-refractivity contribution in [1.29, 1.82) is 0 Å². The molecule has 0 radical (unpaired) electrons. The van der Waals surface area contributed by atoms with Gasteiger partial charge in [0, 0.05) is 29.6 Å². The second-order valence-electron chi connectivity index (χ2n) is 4.66. The molecule has 18 heavy (non-hydrogen) atoms. The highest BCUT2D eigenvalue weighted by molar-refractivity contribution is 6.06. The molecule has 0 amide bonds. The molecule has 4 rings (SSSR count). The maximum absolute atomic E-state index is 12.0. The van der Waals surface area contributed by atoms with Crippen LogP contribution in [-0.4, -0.2) is 11.6 Å². The van der Waals surface area contributed by atoms with Gasteiger partial charge in [-0.2, -0.15) is 0 Å². The van der Waals surface area contributed by atoms with E-state index in [1.54, 1.807) is 6.20 Å². The summed E-state index contributed by atoms with van der Waals surface area (Å²) in [5.74, 6) is 0.871. The number of ether oxygens (including phenoxy) is 1. The molecule has 4 heteroatoms. The summed E-state index contributed by atoms with van der Waals surface area (Å²) < 4.78 is 11.3. The number of nitrogens with one attached hydrogen (secondary N) is 1. The lowest BCUT2D eigenvalue weighted by Gasteiger charge is -1.97. The zero-order valence-corrected chi connectivity index (χ0v) is 9.87. The number of furan rings is 1. The summed E-state index contributed by atoms with van der Waals surface area (Å²) in [5, 5.41) is 1.51. The van der Waals surface area contributed by atoms with Crippen LogP contribution < -0.4 is 10.3 Å². The van der Waals surface area contributed by atoms with Gasteiger partial charge in [0.05, 0.1) is 12.0 Å². The van der Waals surface area contributed by atoms with E-state index < -0.39 is 0 Å². The number of aryl methyl sites for hydroxylation is 1. The molecule has 2 aromatic heterocycles. The molecule has 0 bridgehead atoms. The summed E-state index contributed by atoms with van der Waals surface area (Å²) in [6, 6.07) is 3.90. The fraction of sp³-hybridized carbons (Fsp3) is 0.214. The van der Waals surface area contributed by atoms with Crippen molar-refractivity contribution in [1.82, 2.24) is 4.98 Å². The van der Waals surface area contributed by atoms with E-state index in [9.17, 15) is 4.79 Å². The van der Waals surface area contributed by atoms with Crippen LogP contribution >= 0.6 is 0 Å². The Labute approximate surface area is 102 Å². The summed E-state index contributed by atoms with van der Waals surface area (Å²) in [5.41, 5.74) is 3.35. The number of hydrogen-bond acceptors (Lipinski definition) is 3. The molecule has 0 atom stereocenters. The SMILES string of the molecule is Cc1c[nH]c(=O)c2c1oc1cc3c(cc12)CCO3. The monoisotopic (exact) mass is 241 g/mol. The van der Waals surface area contributed by atoms with Crippen LogP contribution in [0.15, 0.2) is 27.5 Å². The fourth-order valence-corrected chi connectivity index (χ4v) is 2.58. The summed E-state index contributed by atoms with van der Waals surface area (Å²) in [7, 11) is 0. The third-order valence-corrected chi connectivity index (χ3v) is 3.51. The normalized spacial score (nSPS) is 14.1. The van der Waals surface area contributed by atoms with Crippen molar-refractivity contribution in [2.75, 3.05) is 6.61 Å². The lowest BCUT2D eigenvalue weighted by Crippen LogP contribution is -2.04. The van der Waals surface area contributed by atoms with Crippen molar-refractivity contribution >= 4 is 21.9 Å². The second kappa shape index (κ2) is 3.16. The molecule has 1 aliphatic rings. The summed E-state index contributed by atoms with van der Waals surface area (Å²) in [6.07, 6.45) is 2.57. The van der Waals surface area contributed by atoms with Crippen molar-refractivity contribution in [2.45, 2.75) is 13.3 Å². The average Bonchev–Trinajstić information content (AvgIpc) is 2.94. The minimum absolute atomic E-state index is 0.104. The molecule has 0 saturated heterocycles. The van der Waals surface area contributed by atoms with Gasteiger partial charge in [-0.3, -0.25) is 4.79 Å². The highest BCUT2D eigenvalue weighted by Crippen LogP contribution is 2.35. The summed E-state index contributed by atoms with van der Waals surface area (Å²) in [6.45, 7) is 2.63. The third-order valence-electron chi connectivity index (χ3n) is 3.51. The zero-order chi connectivity index (χ0) is 12.3. The quantitative estimate of drug-likeness (QED) is 0.658. The minimum atomic E-state index is -0.104. The van der Waals surface area contributed by atoms with E-state index in [0.29, 0.717) is 23.2 Å². The molecule has 90 valence electrons. The maximum Gasteiger partial charge on any atom is 0.259 e. The topological polar surface area (TPSA) is 55.2 Å². The predicted molar refractivity (Wildman–Crippen MR) is 68.3 cm³/mol. The number of hydrogen-bond donors (Lipinski definition) is 1. The molecule has 4 nitrogen and oxygen atoms in total. The molecule has 0 saturated carbocycles. The van der Waals surface area contributed by atoms with Gasteiger partial charge in [-0.05, 0) is 18.6 Å². The largest absolute Gasteiger partial charge is 0.493 e. The lowest BCUT2D eigenvalue weighted by atomic mass is 10.1. The van der Waals surface area contributed by atoms with E-state index in [1.165, 1.54) is 0 Å². The molecule has 3 aromatic rings. The Balaban J connectivity index is 2.25. The van der Waals surface area contributed by atoms with Crippen molar-refractivity contribution in [2.24, 2.45) is 0 Å². The lowest BCUT2D eigenvalue weighted by molar-refractivity contribution is 0.356. The number of rotatable bonds is 0. The first-order valence-electron chi connectivity index (χ1n) is 5.94. The van der Waals surface area contributed by atoms with Crippen LogP contribution in [-0.2, 0) is 6.42 Å². The molecule has 1 aromatic carbocycles. The van der Waals surface area contributed by atoms with Gasteiger partial charge in [0.1, 0.15) is 16.9 Å². The first-order chi connectivity index (χ1) is 8.74. The van der Waals surface area contributed by atoms with Crippen LogP contribution in [0.2, 0.25) is 0 Å². The maximum atomic E-state index is 12.0. The fourth-order valence-electron chi connectivity index (χ4n) is 2.58. The standard InChI is InChI=1S/C14H11NO3/c1-7-6-15-14(16)12-9-4-8-2-3-17-10(8)5-11(9)18-13(7)12/h4-6H,2-3H2,1H3,(H,15,16). The molecule has 0 fully saturated rings. The van der Waals surface area contributed by atoms with E-state index >= 15 is 0 Å². The van der Waals surface area contributed by atoms with E-state index in [1.807, 2.05) is 19.1 Å². The van der Waals surface area contributed by atoms with E-state index in [-0.39, 0.29) is 5.56 Å². The van der Waals surface area contributed by atoms with Gasteiger partial charge < -0.3 is 14.1 Å². The van der Waals surface area contributed by atoms with Gasteiger partial charge in [0.2, 0.25) is 0 Å². The highest BCUT2D eigenvalue weighted by atomic mass is 16.5. The van der Waals surface area contributed by atoms with E-state index in [2.05, 4.69) is 4.98 Å². The van der Waals surface area contributed by atoms with E-state index in [0.717, 1.165) is 28.7 Å². The Bertz CT molecular complexity index is 841. The zero-order valence-electron chi connectivity index (χ0n) is 9.87. The summed E-state index contributed by atoms with van der Waals surface area (Å²) >= 11 is 0. The van der Waals surface area contributed by atoms with Gasteiger partial charge in [0.15, 0.2) is 0 Å². The molecule has 0 spiro atoms. The molecule has 1 aliphatic heterocycles. The van der Waals surface area contributed by atoms with Gasteiger partial charge >= 0.3 is 0 Å². The highest BCUT2D eigenvalue weighted by Gasteiger charge is 2.18. The van der Waals surface area contributed by atoms with Gasteiger partial charge in [0.25, 0.3) is 5.56 Å². The van der Waals surface area contributed by atoms with Gasteiger partial charge in [-0.25, -0.2) is 0 Å². The molecular weight excluding hydrogens is 230 g/mol. The molecular formula is C14H11NO3. The van der Waals surface area contributed by atoms with Crippen LogP contribution in [0.3, 0.4) is 0 Å². The first kappa shape index (κ1) is 9.76. The number of fused-ring (bicyclic) bond motifs is 4. The molecule has 0 unspecified atom stereocenters. The minimum Gasteiger partial charge on any atom is -0.493 e. The van der Waals surface area contributed by atoms with E-state index in [4.69, 9.17) is 9.15 Å². The second-order valence-corrected chi connectivity index (χ2v) is 4.66. The van der Waals surface area contributed by atoms with Crippen LogP contribution in [0.4, 0.5) is 0 Å². The van der Waals surface area contributed by atoms with Crippen LogP contribution in [0.25, 0.3) is 21.9 Å². The average molecular weight is 241 g/mol. The van der Waals surface area contributed by atoms with Gasteiger partial charge in [-0.15, -0.1) is 0 Å². The Kier molecular flexibility index (Phi) is 1.71. The van der Waals surface area contributed by atoms with Crippen molar-refractivity contribution < 1.29 is 9.15 Å². The molecule has 3 heterocycles. The Morgan fingerprint density at radius 1 is 1.33 bits per heavy atom. The smallest absolute Gasteiger partial charge is 0.259 e. The Hall–Kier alpha value is -2.23. The first-order valence-corrected chi connectivity index (χ1v) is 5.94. The number of aromatic amines is 1.